The van der Waals surface area contributed by atoms with Gasteiger partial charge in [-0.25, -0.2) is 4.39 Å². The molecule has 0 radical (unpaired) electrons. The van der Waals surface area contributed by atoms with Gasteiger partial charge >= 0.3 is 0 Å². The van der Waals surface area contributed by atoms with Crippen LogP contribution in [0.3, 0.4) is 0 Å². The highest BCUT2D eigenvalue weighted by molar-refractivity contribution is 5.88. The summed E-state index contributed by atoms with van der Waals surface area (Å²) in [6.07, 6.45) is 3.17. The molecule has 0 amide bonds. The van der Waals surface area contributed by atoms with Gasteiger partial charge in [-0.05, 0) is 49.4 Å². The van der Waals surface area contributed by atoms with Gasteiger partial charge in [-0.2, -0.15) is 5.26 Å². The first kappa shape index (κ1) is 12.8. The Kier molecular flexibility index (Phi) is 3.47. The molecule has 0 saturated heterocycles. The van der Waals surface area contributed by atoms with Crippen molar-refractivity contribution in [2.24, 2.45) is 5.41 Å². The van der Waals surface area contributed by atoms with Crippen LogP contribution in [0.25, 0.3) is 0 Å². The predicted octanol–water partition coefficient (Wildman–Crippen LogP) is 3.33. The lowest BCUT2D eigenvalue weighted by atomic mass is 9.70. The SMILES string of the molecule is Cc1ccc(F)cc1CC1(C#N)CCCCC1=O. The van der Waals surface area contributed by atoms with E-state index in [9.17, 15) is 14.4 Å². The van der Waals surface area contributed by atoms with E-state index in [0.29, 0.717) is 19.3 Å². The van der Waals surface area contributed by atoms with Gasteiger partial charge in [-0.3, -0.25) is 4.79 Å². The first-order valence-electron chi connectivity index (χ1n) is 6.27. The predicted molar refractivity (Wildman–Crippen MR) is 66.4 cm³/mol. The summed E-state index contributed by atoms with van der Waals surface area (Å²) in [6, 6.07) is 6.73. The molecule has 0 N–H and O–H groups in total. The van der Waals surface area contributed by atoms with Gasteiger partial charge in [0.1, 0.15) is 11.2 Å². The van der Waals surface area contributed by atoms with Crippen LogP contribution in [0.5, 0.6) is 0 Å². The van der Waals surface area contributed by atoms with Crippen molar-refractivity contribution in [3.63, 3.8) is 0 Å². The zero-order valence-corrected chi connectivity index (χ0v) is 10.5. The number of Topliss-reactive ketones (excluding diaryl/α,β-unsaturated/α-hetero) is 1. The first-order valence-corrected chi connectivity index (χ1v) is 6.27. The molecule has 0 bridgehead atoms. The van der Waals surface area contributed by atoms with Crippen molar-refractivity contribution >= 4 is 5.78 Å². The van der Waals surface area contributed by atoms with Crippen molar-refractivity contribution in [3.8, 4) is 6.07 Å². The summed E-state index contributed by atoms with van der Waals surface area (Å²) >= 11 is 0. The van der Waals surface area contributed by atoms with Gasteiger partial charge in [-0.15, -0.1) is 0 Å². The molecule has 2 rings (SSSR count). The molecule has 1 aromatic rings. The Labute approximate surface area is 106 Å². The van der Waals surface area contributed by atoms with Crippen molar-refractivity contribution in [2.45, 2.75) is 39.0 Å². The second kappa shape index (κ2) is 4.89. The molecule has 3 heteroatoms. The second-order valence-electron chi connectivity index (χ2n) is 5.07. The van der Waals surface area contributed by atoms with Crippen LogP contribution in [0.2, 0.25) is 0 Å². The Morgan fingerprint density at radius 1 is 1.44 bits per heavy atom. The lowest BCUT2D eigenvalue weighted by molar-refractivity contribution is -0.128. The van der Waals surface area contributed by atoms with Crippen molar-refractivity contribution < 1.29 is 9.18 Å². The molecular weight excluding hydrogens is 229 g/mol. The minimum atomic E-state index is -0.934. The number of aryl methyl sites for hydroxylation is 1. The quantitative estimate of drug-likeness (QED) is 0.801. The molecule has 1 aliphatic carbocycles. The van der Waals surface area contributed by atoms with E-state index in [0.717, 1.165) is 24.0 Å². The van der Waals surface area contributed by atoms with Crippen LogP contribution in [-0.4, -0.2) is 5.78 Å². The number of rotatable bonds is 2. The Balaban J connectivity index is 2.33. The standard InChI is InChI=1S/C15H16FNO/c1-11-5-6-13(16)8-12(11)9-15(10-17)7-3-2-4-14(15)18/h5-6,8H,2-4,7,9H2,1H3. The Morgan fingerprint density at radius 3 is 2.89 bits per heavy atom. The molecule has 1 aromatic carbocycles. The third-order valence-electron chi connectivity index (χ3n) is 3.81. The average Bonchev–Trinajstić information content (AvgIpc) is 2.37. The van der Waals surface area contributed by atoms with Crippen molar-refractivity contribution in [1.29, 1.82) is 5.26 Å². The number of nitrogens with zero attached hydrogens (tertiary/aromatic N) is 1. The average molecular weight is 245 g/mol. The van der Waals surface area contributed by atoms with Gasteiger partial charge in [0, 0.05) is 6.42 Å². The number of ketones is 1. The molecule has 0 heterocycles. The highest BCUT2D eigenvalue weighted by Crippen LogP contribution is 2.36. The topological polar surface area (TPSA) is 40.9 Å². The lowest BCUT2D eigenvalue weighted by Crippen LogP contribution is -2.35. The largest absolute Gasteiger partial charge is 0.298 e. The molecule has 94 valence electrons. The number of hydrogen-bond donors (Lipinski definition) is 0. The number of hydrogen-bond acceptors (Lipinski definition) is 2. The fourth-order valence-electron chi connectivity index (χ4n) is 2.59. The minimum Gasteiger partial charge on any atom is -0.298 e. The maximum absolute atomic E-state index is 13.3. The molecule has 0 aromatic heterocycles. The fourth-order valence-corrected chi connectivity index (χ4v) is 2.59. The van der Waals surface area contributed by atoms with E-state index < -0.39 is 5.41 Å². The Bertz CT molecular complexity index is 518. The number of carbonyl (C=O) groups is 1. The number of carbonyl (C=O) groups excluding carboxylic acids is 1. The van der Waals surface area contributed by atoms with E-state index >= 15 is 0 Å². The molecule has 1 aliphatic rings. The fraction of sp³-hybridized carbons (Fsp3) is 0.467. The molecule has 1 saturated carbocycles. The van der Waals surface area contributed by atoms with Crippen LogP contribution in [0.1, 0.15) is 36.8 Å². The molecule has 2 nitrogen and oxygen atoms in total. The van der Waals surface area contributed by atoms with E-state index in [2.05, 4.69) is 6.07 Å². The highest BCUT2D eigenvalue weighted by Gasteiger charge is 2.40. The summed E-state index contributed by atoms with van der Waals surface area (Å²) in [5.74, 6) is -0.299. The molecule has 1 unspecified atom stereocenters. The normalized spacial score (nSPS) is 23.7. The zero-order chi connectivity index (χ0) is 13.2. The number of nitriles is 1. The maximum Gasteiger partial charge on any atom is 0.153 e. The Morgan fingerprint density at radius 2 is 2.22 bits per heavy atom. The molecule has 1 fully saturated rings. The van der Waals surface area contributed by atoms with Crippen LogP contribution < -0.4 is 0 Å². The summed E-state index contributed by atoms with van der Waals surface area (Å²) < 4.78 is 13.3. The van der Waals surface area contributed by atoms with Gasteiger partial charge in [0.05, 0.1) is 6.07 Å². The summed E-state index contributed by atoms with van der Waals surface area (Å²) in [4.78, 5) is 12.0. The van der Waals surface area contributed by atoms with Gasteiger partial charge in [0.2, 0.25) is 0 Å². The van der Waals surface area contributed by atoms with Crippen molar-refractivity contribution in [2.75, 3.05) is 0 Å². The smallest absolute Gasteiger partial charge is 0.153 e. The first-order chi connectivity index (χ1) is 8.57. The molecule has 0 spiro atoms. The highest BCUT2D eigenvalue weighted by atomic mass is 19.1. The third kappa shape index (κ3) is 2.28. The van der Waals surface area contributed by atoms with E-state index in [-0.39, 0.29) is 11.6 Å². The summed E-state index contributed by atoms with van der Waals surface area (Å²) in [7, 11) is 0. The monoisotopic (exact) mass is 245 g/mol. The van der Waals surface area contributed by atoms with E-state index in [4.69, 9.17) is 0 Å². The third-order valence-corrected chi connectivity index (χ3v) is 3.81. The van der Waals surface area contributed by atoms with Gasteiger partial charge in [0.25, 0.3) is 0 Å². The molecule has 18 heavy (non-hydrogen) atoms. The van der Waals surface area contributed by atoms with Gasteiger partial charge < -0.3 is 0 Å². The zero-order valence-electron chi connectivity index (χ0n) is 10.5. The van der Waals surface area contributed by atoms with Gasteiger partial charge in [-0.1, -0.05) is 12.5 Å². The molecule has 1 atom stereocenters. The summed E-state index contributed by atoms with van der Waals surface area (Å²) in [6.45, 7) is 1.88. The number of halogens is 1. The maximum atomic E-state index is 13.3. The molecule has 0 aliphatic heterocycles. The number of benzene rings is 1. The van der Waals surface area contributed by atoms with Crippen LogP contribution in [0.15, 0.2) is 18.2 Å². The van der Waals surface area contributed by atoms with Crippen LogP contribution in [0, 0.1) is 29.5 Å². The van der Waals surface area contributed by atoms with Gasteiger partial charge in [0.15, 0.2) is 5.78 Å². The van der Waals surface area contributed by atoms with E-state index in [1.807, 2.05) is 6.92 Å². The van der Waals surface area contributed by atoms with Crippen LogP contribution in [-0.2, 0) is 11.2 Å². The van der Waals surface area contributed by atoms with E-state index in [1.54, 1.807) is 6.07 Å². The van der Waals surface area contributed by atoms with E-state index in [1.165, 1.54) is 12.1 Å². The minimum absolute atomic E-state index is 0.0138. The molecular formula is C15H16FNO. The second-order valence-corrected chi connectivity index (χ2v) is 5.07. The van der Waals surface area contributed by atoms with Crippen LogP contribution >= 0.6 is 0 Å². The summed E-state index contributed by atoms with van der Waals surface area (Å²) in [5, 5.41) is 9.37. The lowest BCUT2D eigenvalue weighted by Gasteiger charge is -2.29. The van der Waals surface area contributed by atoms with Crippen molar-refractivity contribution in [1.82, 2.24) is 0 Å². The van der Waals surface area contributed by atoms with Crippen molar-refractivity contribution in [3.05, 3.63) is 35.1 Å². The summed E-state index contributed by atoms with van der Waals surface area (Å²) in [5.41, 5.74) is 0.771. The van der Waals surface area contributed by atoms with Crippen LogP contribution in [0.4, 0.5) is 4.39 Å². The Hall–Kier alpha value is -1.69.